The van der Waals surface area contributed by atoms with Gasteiger partial charge >= 0.3 is 5.97 Å². The molecule has 17 N–H and O–H groups in total. The second-order valence-electron chi connectivity index (χ2n) is 15.5. The molecule has 0 aliphatic heterocycles. The number of amides is 8. The number of carbonyl (C=O) groups is 9. The molecule has 0 spiro atoms. The van der Waals surface area contributed by atoms with E-state index in [4.69, 9.17) is 28.7 Å². The molecule has 0 aromatic heterocycles. The molecule has 59 heavy (non-hydrogen) atoms. The number of hydrogen-bond donors (Lipinski definition) is 12. The van der Waals surface area contributed by atoms with Gasteiger partial charge in [0.25, 0.3) is 0 Å². The number of rotatable bonds is 29. The van der Waals surface area contributed by atoms with E-state index in [9.17, 15) is 48.3 Å². The second-order valence-corrected chi connectivity index (χ2v) is 15.5. The Morgan fingerprint density at radius 2 is 0.983 bits per heavy atom. The monoisotopic (exact) mass is 841 g/mol. The van der Waals surface area contributed by atoms with E-state index >= 15 is 0 Å². The highest BCUT2D eigenvalue weighted by Gasteiger charge is 2.34. The van der Waals surface area contributed by atoms with E-state index in [-0.39, 0.29) is 68.8 Å². The van der Waals surface area contributed by atoms with E-state index in [0.717, 1.165) is 0 Å². The van der Waals surface area contributed by atoms with Gasteiger partial charge in [0, 0.05) is 19.4 Å². The minimum Gasteiger partial charge on any atom is -0.481 e. The summed E-state index contributed by atoms with van der Waals surface area (Å²) in [5.74, 6) is -8.37. The molecule has 0 unspecified atom stereocenters. The fraction of sp³-hybridized carbons (Fsp3) is 0.730. The van der Waals surface area contributed by atoms with Gasteiger partial charge in [-0.15, -0.1) is 0 Å². The third-order valence-electron chi connectivity index (χ3n) is 9.19. The zero-order valence-corrected chi connectivity index (χ0v) is 35.3. The van der Waals surface area contributed by atoms with Crippen molar-refractivity contribution in [1.82, 2.24) is 31.9 Å². The molecule has 0 aliphatic rings. The normalized spacial score (nSPS) is 15.2. The molecule has 0 fully saturated rings. The van der Waals surface area contributed by atoms with Crippen LogP contribution in [0, 0.1) is 17.8 Å². The lowest BCUT2D eigenvalue weighted by atomic mass is 9.98. The lowest BCUT2D eigenvalue weighted by Gasteiger charge is -2.28. The van der Waals surface area contributed by atoms with Crippen LogP contribution >= 0.6 is 0 Å². The summed E-state index contributed by atoms with van der Waals surface area (Å²) in [6.07, 6.45) is -0.298. The molecule has 0 saturated heterocycles. The first-order chi connectivity index (χ1) is 27.4. The molecule has 0 aliphatic carbocycles. The van der Waals surface area contributed by atoms with Gasteiger partial charge in [-0.2, -0.15) is 0 Å². The van der Waals surface area contributed by atoms with E-state index < -0.39 is 102 Å². The molecule has 0 rings (SSSR count). The van der Waals surface area contributed by atoms with Crippen LogP contribution in [0.4, 0.5) is 0 Å². The van der Waals surface area contributed by atoms with Crippen molar-refractivity contribution < 1.29 is 48.3 Å². The Kier molecular flexibility index (Phi) is 24.7. The first-order valence-electron chi connectivity index (χ1n) is 19.8. The Hall–Kier alpha value is -5.54. The summed E-state index contributed by atoms with van der Waals surface area (Å²) < 4.78 is 0. The van der Waals surface area contributed by atoms with Crippen molar-refractivity contribution in [2.45, 2.75) is 149 Å². The molecule has 22 nitrogen and oxygen atoms in total. The first-order valence-corrected chi connectivity index (χ1v) is 19.8. The summed E-state index contributed by atoms with van der Waals surface area (Å²) in [7, 11) is 0. The predicted molar refractivity (Wildman–Crippen MR) is 218 cm³/mol. The van der Waals surface area contributed by atoms with Crippen LogP contribution in [0.2, 0.25) is 0 Å². The molecule has 0 heterocycles. The highest BCUT2D eigenvalue weighted by Crippen LogP contribution is 2.12. The molecule has 0 aromatic carbocycles. The zero-order valence-electron chi connectivity index (χ0n) is 35.3. The van der Waals surface area contributed by atoms with Crippen LogP contribution in [0.3, 0.4) is 0 Å². The molecule has 22 heteroatoms. The number of nitrogens with two attached hydrogens (primary N) is 5. The van der Waals surface area contributed by atoms with E-state index in [2.05, 4.69) is 36.9 Å². The van der Waals surface area contributed by atoms with Gasteiger partial charge in [-0.25, -0.2) is 0 Å². The molecule has 8 amide bonds. The van der Waals surface area contributed by atoms with E-state index in [1.165, 1.54) is 6.92 Å². The average molecular weight is 841 g/mol. The van der Waals surface area contributed by atoms with Gasteiger partial charge in [-0.1, -0.05) is 48.0 Å². The van der Waals surface area contributed by atoms with E-state index in [1.54, 1.807) is 34.6 Å². The van der Waals surface area contributed by atoms with Crippen LogP contribution in [-0.2, 0) is 43.2 Å². The predicted octanol–water partition coefficient (Wildman–Crippen LogP) is -2.95. The Morgan fingerprint density at radius 1 is 0.559 bits per heavy atom. The van der Waals surface area contributed by atoms with Crippen molar-refractivity contribution in [3.63, 3.8) is 0 Å². The number of nitrogens with zero attached hydrogens (tertiary/aromatic N) is 1. The van der Waals surface area contributed by atoms with Crippen molar-refractivity contribution in [2.24, 2.45) is 51.4 Å². The Labute approximate surface area is 345 Å². The summed E-state index contributed by atoms with van der Waals surface area (Å²) in [5, 5.41) is 24.4. The van der Waals surface area contributed by atoms with Crippen molar-refractivity contribution in [3.8, 4) is 0 Å². The maximum absolute atomic E-state index is 13.8. The smallest absolute Gasteiger partial charge is 0.303 e. The summed E-state index contributed by atoms with van der Waals surface area (Å²) in [4.78, 5) is 119. The lowest BCUT2D eigenvalue weighted by molar-refractivity contribution is -0.138. The number of hydrogen-bond acceptors (Lipinski definition) is 11. The van der Waals surface area contributed by atoms with Gasteiger partial charge in [0.05, 0.1) is 6.04 Å². The van der Waals surface area contributed by atoms with Crippen molar-refractivity contribution >= 4 is 59.2 Å². The fourth-order valence-electron chi connectivity index (χ4n) is 5.56. The summed E-state index contributed by atoms with van der Waals surface area (Å²) >= 11 is 0. The molecule has 0 radical (unpaired) electrons. The number of carboxylic acids is 1. The van der Waals surface area contributed by atoms with Crippen LogP contribution in [0.25, 0.3) is 0 Å². The molecular formula is C37H68N12O10. The minimum absolute atomic E-state index is 0.0609. The first kappa shape index (κ1) is 53.5. The average Bonchev–Trinajstić information content (AvgIpc) is 3.13. The Balaban J connectivity index is 6.21. The standard InChI is InChI=1S/C37H68N12O10/c1-8-20(6)29(39)36(59)47-24(12-14-28(51)52)33(56)48-26(17-19(4)5)35(58)49-25(16-18(2)3)34(57)46-23(11-13-27(38)50)32(55)44-21(7)31(54)45-22(30(40)53)10-9-15-43-37(41)42/h18-26,29H,8-17,39H2,1-7H3,(H2,38,50)(H2,40,53)(H,44,55)(H,45,54)(H,46,57)(H,47,59)(H,48,56)(H,49,58)(H,51,52)(H4,41,42,43)/t20-,21-,22-,23-,24-,25-,26-,29-/m0/s1. The molecule has 8 atom stereocenters. The third kappa shape index (κ3) is 22.3. The number of guanidine groups is 1. The summed E-state index contributed by atoms with van der Waals surface area (Å²) in [6, 6.07) is -8.64. The number of aliphatic carboxylic acids is 1. The Morgan fingerprint density at radius 3 is 1.41 bits per heavy atom. The van der Waals surface area contributed by atoms with Crippen molar-refractivity contribution in [2.75, 3.05) is 6.54 Å². The number of nitrogens with one attached hydrogen (secondary N) is 6. The van der Waals surface area contributed by atoms with Crippen LogP contribution in [0.15, 0.2) is 4.99 Å². The summed E-state index contributed by atoms with van der Waals surface area (Å²) in [5.41, 5.74) is 27.4. The van der Waals surface area contributed by atoms with Crippen molar-refractivity contribution in [3.05, 3.63) is 0 Å². The fourth-order valence-corrected chi connectivity index (χ4v) is 5.56. The van der Waals surface area contributed by atoms with Gasteiger partial charge < -0.3 is 65.7 Å². The maximum atomic E-state index is 13.8. The third-order valence-corrected chi connectivity index (χ3v) is 9.19. The number of primary amides is 2. The van der Waals surface area contributed by atoms with Crippen LogP contribution in [0.5, 0.6) is 0 Å². The number of carbonyl (C=O) groups excluding carboxylic acids is 8. The lowest BCUT2D eigenvalue weighted by Crippen LogP contribution is -2.60. The van der Waals surface area contributed by atoms with Crippen molar-refractivity contribution in [1.29, 1.82) is 0 Å². The van der Waals surface area contributed by atoms with Gasteiger partial charge in [0.1, 0.15) is 36.3 Å². The van der Waals surface area contributed by atoms with Gasteiger partial charge in [0.15, 0.2) is 5.96 Å². The SMILES string of the molecule is CC[C@H](C)[C@H](N)C(=O)N[C@@H](CCC(=O)O)C(=O)N[C@@H](CC(C)C)C(=O)N[C@@H](CC(C)C)C(=O)N[C@@H](CCC(N)=O)C(=O)N[C@@H](C)C(=O)N[C@@H](CCCN=C(N)N)C(N)=O. The van der Waals surface area contributed by atoms with Gasteiger partial charge in [-0.3, -0.25) is 48.1 Å². The summed E-state index contributed by atoms with van der Waals surface area (Å²) in [6.45, 7) is 12.2. The molecular weight excluding hydrogens is 772 g/mol. The second kappa shape index (κ2) is 27.2. The minimum atomic E-state index is -1.42. The maximum Gasteiger partial charge on any atom is 0.303 e. The molecule has 0 bridgehead atoms. The van der Waals surface area contributed by atoms with Gasteiger partial charge in [-0.05, 0) is 63.2 Å². The number of carboxylic acid groups (broad SMARTS) is 1. The molecule has 336 valence electrons. The Bertz CT molecular complexity index is 1490. The molecule has 0 aromatic rings. The van der Waals surface area contributed by atoms with Crippen LogP contribution in [0.1, 0.15) is 106 Å². The number of aliphatic imine (C=N–C) groups is 1. The topological polar surface area (TPSA) is 388 Å². The highest BCUT2D eigenvalue weighted by atomic mass is 16.4. The quantitative estimate of drug-likeness (QED) is 0.0204. The van der Waals surface area contributed by atoms with Crippen LogP contribution in [-0.4, -0.2) is 113 Å². The van der Waals surface area contributed by atoms with Crippen LogP contribution < -0.4 is 60.6 Å². The van der Waals surface area contributed by atoms with Gasteiger partial charge in [0.2, 0.25) is 47.3 Å². The van der Waals surface area contributed by atoms with E-state index in [0.29, 0.717) is 12.8 Å². The zero-order chi connectivity index (χ0) is 45.6. The largest absolute Gasteiger partial charge is 0.481 e. The van der Waals surface area contributed by atoms with E-state index in [1.807, 2.05) is 6.92 Å². The molecule has 0 saturated carbocycles. The highest BCUT2D eigenvalue weighted by molar-refractivity contribution is 5.97.